The highest BCUT2D eigenvalue weighted by Crippen LogP contribution is 2.36. The first-order chi connectivity index (χ1) is 9.79. The molecule has 1 aromatic carbocycles. The smallest absolute Gasteiger partial charge is 0.203 e. The standard InChI is InChI=1S/C16H21N3O/c1-3-9-17-16-18-12(2)11-19(16)14-8-10-20-15-7-5-4-6-13(14)15/h4-7,11,14H,3,8-10H2,1-2H3,(H,17,18). The number of hydrogen-bond donors (Lipinski definition) is 1. The van der Waals surface area contributed by atoms with E-state index in [1.165, 1.54) is 5.56 Å². The zero-order valence-electron chi connectivity index (χ0n) is 12.1. The van der Waals surface area contributed by atoms with Crippen molar-refractivity contribution in [2.75, 3.05) is 18.5 Å². The third kappa shape index (κ3) is 2.38. The second-order valence-electron chi connectivity index (χ2n) is 5.23. The van der Waals surface area contributed by atoms with E-state index in [0.717, 1.165) is 43.4 Å². The van der Waals surface area contributed by atoms with Gasteiger partial charge in [-0.15, -0.1) is 0 Å². The van der Waals surface area contributed by atoms with Gasteiger partial charge in [0.1, 0.15) is 5.75 Å². The van der Waals surface area contributed by atoms with Gasteiger partial charge in [-0.1, -0.05) is 25.1 Å². The Bertz CT molecular complexity index is 591. The Morgan fingerprint density at radius 1 is 1.40 bits per heavy atom. The lowest BCUT2D eigenvalue weighted by molar-refractivity contribution is 0.257. The van der Waals surface area contributed by atoms with E-state index in [4.69, 9.17) is 4.74 Å². The summed E-state index contributed by atoms with van der Waals surface area (Å²) in [6, 6.07) is 8.60. The molecule has 1 aromatic heterocycles. The molecule has 1 atom stereocenters. The molecule has 2 aromatic rings. The first-order valence-electron chi connectivity index (χ1n) is 7.30. The highest BCUT2D eigenvalue weighted by Gasteiger charge is 2.24. The second-order valence-corrected chi connectivity index (χ2v) is 5.23. The predicted molar refractivity (Wildman–Crippen MR) is 80.4 cm³/mol. The summed E-state index contributed by atoms with van der Waals surface area (Å²) in [4.78, 5) is 4.61. The number of para-hydroxylation sites is 1. The Labute approximate surface area is 119 Å². The molecule has 0 radical (unpaired) electrons. The van der Waals surface area contributed by atoms with Crippen molar-refractivity contribution in [3.8, 4) is 5.75 Å². The first kappa shape index (κ1) is 13.0. The molecule has 3 rings (SSSR count). The van der Waals surface area contributed by atoms with Crippen molar-refractivity contribution in [3.63, 3.8) is 0 Å². The molecule has 0 bridgehead atoms. The topological polar surface area (TPSA) is 39.1 Å². The van der Waals surface area contributed by atoms with Gasteiger partial charge < -0.3 is 14.6 Å². The van der Waals surface area contributed by atoms with Crippen molar-refractivity contribution >= 4 is 5.95 Å². The Kier molecular flexibility index (Phi) is 3.63. The Morgan fingerprint density at radius 2 is 2.25 bits per heavy atom. The molecule has 4 nitrogen and oxygen atoms in total. The molecule has 2 heterocycles. The Morgan fingerprint density at radius 3 is 3.10 bits per heavy atom. The average Bonchev–Trinajstić information content (AvgIpc) is 2.85. The molecule has 20 heavy (non-hydrogen) atoms. The fourth-order valence-electron chi connectivity index (χ4n) is 2.73. The van der Waals surface area contributed by atoms with Crippen molar-refractivity contribution in [2.45, 2.75) is 32.7 Å². The summed E-state index contributed by atoms with van der Waals surface area (Å²) in [6.07, 6.45) is 4.20. The van der Waals surface area contributed by atoms with Gasteiger partial charge in [0.15, 0.2) is 0 Å². The molecule has 1 N–H and O–H groups in total. The number of fused-ring (bicyclic) bond motifs is 1. The molecule has 0 fully saturated rings. The van der Waals surface area contributed by atoms with Gasteiger partial charge in [0, 0.05) is 24.7 Å². The molecule has 0 spiro atoms. The number of hydrogen-bond acceptors (Lipinski definition) is 3. The first-order valence-corrected chi connectivity index (χ1v) is 7.30. The van der Waals surface area contributed by atoms with Crippen molar-refractivity contribution in [2.24, 2.45) is 0 Å². The predicted octanol–water partition coefficient (Wildman–Crippen LogP) is 3.39. The molecule has 0 amide bonds. The summed E-state index contributed by atoms with van der Waals surface area (Å²) >= 11 is 0. The number of nitrogens with one attached hydrogen (secondary N) is 1. The lowest BCUT2D eigenvalue weighted by atomic mass is 10.0. The van der Waals surface area contributed by atoms with Crippen LogP contribution in [0.15, 0.2) is 30.5 Å². The van der Waals surface area contributed by atoms with Gasteiger partial charge in [-0.3, -0.25) is 0 Å². The van der Waals surface area contributed by atoms with Crippen molar-refractivity contribution in [1.29, 1.82) is 0 Å². The van der Waals surface area contributed by atoms with Gasteiger partial charge >= 0.3 is 0 Å². The summed E-state index contributed by atoms with van der Waals surface area (Å²) in [6.45, 7) is 5.91. The number of rotatable bonds is 4. The molecule has 0 aliphatic carbocycles. The van der Waals surface area contributed by atoms with E-state index in [1.807, 2.05) is 19.1 Å². The van der Waals surface area contributed by atoms with E-state index in [1.54, 1.807) is 0 Å². The van der Waals surface area contributed by atoms with Gasteiger partial charge in [0.25, 0.3) is 0 Å². The Balaban J connectivity index is 1.97. The zero-order chi connectivity index (χ0) is 13.9. The van der Waals surface area contributed by atoms with Crippen LogP contribution in [0.3, 0.4) is 0 Å². The number of anilines is 1. The number of aromatic nitrogens is 2. The number of ether oxygens (including phenoxy) is 1. The molecule has 1 aliphatic rings. The van der Waals surface area contributed by atoms with Crippen LogP contribution in [0, 0.1) is 6.92 Å². The zero-order valence-corrected chi connectivity index (χ0v) is 12.1. The van der Waals surface area contributed by atoms with E-state index >= 15 is 0 Å². The van der Waals surface area contributed by atoms with Crippen LogP contribution in [0.5, 0.6) is 5.75 Å². The van der Waals surface area contributed by atoms with Gasteiger partial charge in [-0.25, -0.2) is 4.98 Å². The molecular formula is C16H21N3O. The third-order valence-electron chi connectivity index (χ3n) is 3.65. The number of aryl methyl sites for hydroxylation is 1. The Hall–Kier alpha value is -1.97. The van der Waals surface area contributed by atoms with Crippen LogP contribution in [0.25, 0.3) is 0 Å². The second kappa shape index (κ2) is 5.57. The quantitative estimate of drug-likeness (QED) is 0.926. The highest BCUT2D eigenvalue weighted by molar-refractivity contribution is 5.41. The van der Waals surface area contributed by atoms with Crippen LogP contribution < -0.4 is 10.1 Å². The molecule has 1 aliphatic heterocycles. The van der Waals surface area contributed by atoms with Crippen LogP contribution in [0.2, 0.25) is 0 Å². The van der Waals surface area contributed by atoms with E-state index in [-0.39, 0.29) is 0 Å². The minimum absolute atomic E-state index is 0.306. The maximum Gasteiger partial charge on any atom is 0.203 e. The number of benzene rings is 1. The maximum atomic E-state index is 5.75. The van der Waals surface area contributed by atoms with Gasteiger partial charge in [0.05, 0.1) is 18.3 Å². The molecular weight excluding hydrogens is 250 g/mol. The van der Waals surface area contributed by atoms with Crippen molar-refractivity contribution in [1.82, 2.24) is 9.55 Å². The van der Waals surface area contributed by atoms with Crippen LogP contribution >= 0.6 is 0 Å². The number of nitrogens with zero attached hydrogens (tertiary/aromatic N) is 2. The summed E-state index contributed by atoms with van der Waals surface area (Å²) in [5.41, 5.74) is 2.29. The summed E-state index contributed by atoms with van der Waals surface area (Å²) < 4.78 is 8.01. The third-order valence-corrected chi connectivity index (χ3v) is 3.65. The summed E-state index contributed by atoms with van der Waals surface area (Å²) in [5.74, 6) is 1.96. The van der Waals surface area contributed by atoms with Crippen molar-refractivity contribution < 1.29 is 4.74 Å². The molecule has 0 saturated carbocycles. The van der Waals surface area contributed by atoms with E-state index in [0.29, 0.717) is 6.04 Å². The molecule has 1 unspecified atom stereocenters. The van der Waals surface area contributed by atoms with Gasteiger partial charge in [-0.2, -0.15) is 0 Å². The normalized spacial score (nSPS) is 17.4. The molecule has 4 heteroatoms. The average molecular weight is 271 g/mol. The monoisotopic (exact) mass is 271 g/mol. The molecule has 0 saturated heterocycles. The summed E-state index contributed by atoms with van der Waals surface area (Å²) in [5, 5.41) is 3.42. The fourth-order valence-corrected chi connectivity index (χ4v) is 2.73. The lowest BCUT2D eigenvalue weighted by Crippen LogP contribution is -2.21. The van der Waals surface area contributed by atoms with E-state index in [9.17, 15) is 0 Å². The van der Waals surface area contributed by atoms with Crippen molar-refractivity contribution in [3.05, 3.63) is 41.7 Å². The molecule has 106 valence electrons. The number of imidazole rings is 1. The summed E-state index contributed by atoms with van der Waals surface area (Å²) in [7, 11) is 0. The van der Waals surface area contributed by atoms with Crippen LogP contribution in [-0.2, 0) is 0 Å². The van der Waals surface area contributed by atoms with Crippen LogP contribution in [-0.4, -0.2) is 22.7 Å². The minimum Gasteiger partial charge on any atom is -0.493 e. The van der Waals surface area contributed by atoms with Crippen LogP contribution in [0.4, 0.5) is 5.95 Å². The van der Waals surface area contributed by atoms with Gasteiger partial charge in [0.2, 0.25) is 5.95 Å². The maximum absolute atomic E-state index is 5.75. The van der Waals surface area contributed by atoms with Gasteiger partial charge in [-0.05, 0) is 19.4 Å². The largest absolute Gasteiger partial charge is 0.493 e. The van der Waals surface area contributed by atoms with E-state index in [2.05, 4.69) is 40.1 Å². The highest BCUT2D eigenvalue weighted by atomic mass is 16.5. The lowest BCUT2D eigenvalue weighted by Gasteiger charge is -2.28. The fraction of sp³-hybridized carbons (Fsp3) is 0.438. The van der Waals surface area contributed by atoms with E-state index < -0.39 is 0 Å². The minimum atomic E-state index is 0.306. The van der Waals surface area contributed by atoms with Crippen LogP contribution in [0.1, 0.15) is 37.1 Å². The SMILES string of the molecule is CCCNc1nc(C)cn1C1CCOc2ccccc21.